The molecule has 0 aliphatic heterocycles. The molecule has 0 bridgehead atoms. The zero-order valence-electron chi connectivity index (χ0n) is 11.7. The zero-order valence-corrected chi connectivity index (χ0v) is 11.7. The van der Waals surface area contributed by atoms with Crippen LogP contribution in [0.15, 0.2) is 18.2 Å². The number of aryl methyl sites for hydroxylation is 1. The second kappa shape index (κ2) is 5.53. The maximum atomic E-state index is 12.2. The van der Waals surface area contributed by atoms with Crippen LogP contribution in [0, 0.1) is 12.3 Å². The SMILES string of the molecule is COc1ccc(C)cc1C(=O)NCC1(C(=O)O)CCC1. The predicted molar refractivity (Wildman–Crippen MR) is 74.0 cm³/mol. The van der Waals surface area contributed by atoms with Crippen LogP contribution in [0.3, 0.4) is 0 Å². The van der Waals surface area contributed by atoms with Gasteiger partial charge in [0.05, 0.1) is 18.1 Å². The summed E-state index contributed by atoms with van der Waals surface area (Å²) in [5, 5.41) is 12.0. The molecule has 0 atom stereocenters. The van der Waals surface area contributed by atoms with Gasteiger partial charge in [0.2, 0.25) is 0 Å². The van der Waals surface area contributed by atoms with Crippen LogP contribution in [-0.4, -0.2) is 30.6 Å². The Morgan fingerprint density at radius 1 is 1.40 bits per heavy atom. The fraction of sp³-hybridized carbons (Fsp3) is 0.467. The summed E-state index contributed by atoms with van der Waals surface area (Å²) in [6, 6.07) is 5.34. The van der Waals surface area contributed by atoms with Crippen molar-refractivity contribution in [1.29, 1.82) is 0 Å². The maximum Gasteiger partial charge on any atom is 0.311 e. The highest BCUT2D eigenvalue weighted by molar-refractivity contribution is 5.97. The number of carboxylic acids is 1. The Morgan fingerprint density at radius 3 is 2.60 bits per heavy atom. The minimum absolute atomic E-state index is 0.165. The standard InChI is InChI=1S/C15H19NO4/c1-10-4-5-12(20-2)11(8-10)13(17)16-9-15(14(18)19)6-3-7-15/h4-5,8H,3,6-7,9H2,1-2H3,(H,16,17)(H,18,19). The first kappa shape index (κ1) is 14.4. The van der Waals surface area contributed by atoms with E-state index >= 15 is 0 Å². The second-order valence-electron chi connectivity index (χ2n) is 5.33. The van der Waals surface area contributed by atoms with Gasteiger partial charge in [-0.1, -0.05) is 18.1 Å². The Hall–Kier alpha value is -2.04. The Labute approximate surface area is 117 Å². The number of carboxylic acid groups (broad SMARTS) is 1. The molecule has 1 aliphatic rings. The quantitative estimate of drug-likeness (QED) is 0.863. The van der Waals surface area contributed by atoms with Crippen LogP contribution >= 0.6 is 0 Å². The lowest BCUT2D eigenvalue weighted by Gasteiger charge is -2.37. The van der Waals surface area contributed by atoms with E-state index in [2.05, 4.69) is 5.32 Å². The Bertz CT molecular complexity index is 535. The van der Waals surface area contributed by atoms with E-state index in [4.69, 9.17) is 4.74 Å². The third-order valence-corrected chi connectivity index (χ3v) is 3.95. The molecular weight excluding hydrogens is 258 g/mol. The molecule has 0 heterocycles. The number of nitrogens with one attached hydrogen (secondary N) is 1. The summed E-state index contributed by atoms with van der Waals surface area (Å²) in [4.78, 5) is 23.5. The lowest BCUT2D eigenvalue weighted by molar-refractivity contribution is -0.153. The number of carbonyl (C=O) groups excluding carboxylic acids is 1. The fourth-order valence-electron chi connectivity index (χ4n) is 2.41. The van der Waals surface area contributed by atoms with Gasteiger partial charge in [0.15, 0.2) is 0 Å². The molecule has 1 fully saturated rings. The zero-order chi connectivity index (χ0) is 14.8. The number of rotatable bonds is 5. The van der Waals surface area contributed by atoms with E-state index in [0.717, 1.165) is 12.0 Å². The lowest BCUT2D eigenvalue weighted by Crippen LogP contribution is -2.47. The van der Waals surface area contributed by atoms with Crippen molar-refractivity contribution in [3.8, 4) is 5.75 Å². The normalized spacial score (nSPS) is 16.1. The molecule has 0 radical (unpaired) electrons. The summed E-state index contributed by atoms with van der Waals surface area (Å²) in [5.41, 5.74) is 0.604. The molecule has 1 aliphatic carbocycles. The molecule has 1 saturated carbocycles. The van der Waals surface area contributed by atoms with Crippen LogP contribution in [0.2, 0.25) is 0 Å². The van der Waals surface area contributed by atoms with Crippen LogP contribution in [0.5, 0.6) is 5.75 Å². The molecule has 0 unspecified atom stereocenters. The molecule has 0 spiro atoms. The van der Waals surface area contributed by atoms with Crippen molar-refractivity contribution in [3.63, 3.8) is 0 Å². The van der Waals surface area contributed by atoms with Crippen LogP contribution in [0.1, 0.15) is 35.2 Å². The van der Waals surface area contributed by atoms with Crippen LogP contribution in [-0.2, 0) is 4.79 Å². The number of benzene rings is 1. The second-order valence-corrected chi connectivity index (χ2v) is 5.33. The number of hydrogen-bond donors (Lipinski definition) is 2. The first-order valence-corrected chi connectivity index (χ1v) is 6.65. The van der Waals surface area contributed by atoms with Crippen molar-refractivity contribution >= 4 is 11.9 Å². The van der Waals surface area contributed by atoms with Crippen molar-refractivity contribution < 1.29 is 19.4 Å². The summed E-state index contributed by atoms with van der Waals surface area (Å²) in [7, 11) is 1.51. The molecule has 0 aromatic heterocycles. The minimum Gasteiger partial charge on any atom is -0.496 e. The van der Waals surface area contributed by atoms with E-state index in [9.17, 15) is 14.7 Å². The number of aliphatic carboxylic acids is 1. The topological polar surface area (TPSA) is 75.6 Å². The fourth-order valence-corrected chi connectivity index (χ4v) is 2.41. The first-order valence-electron chi connectivity index (χ1n) is 6.65. The highest BCUT2D eigenvalue weighted by atomic mass is 16.5. The van der Waals surface area contributed by atoms with E-state index < -0.39 is 11.4 Å². The van der Waals surface area contributed by atoms with Gasteiger partial charge in [0.25, 0.3) is 5.91 Å². The van der Waals surface area contributed by atoms with Crippen molar-refractivity contribution in [2.45, 2.75) is 26.2 Å². The molecular formula is C15H19NO4. The third-order valence-electron chi connectivity index (χ3n) is 3.95. The van der Waals surface area contributed by atoms with Crippen molar-refractivity contribution in [1.82, 2.24) is 5.32 Å². The van der Waals surface area contributed by atoms with Gasteiger partial charge in [-0.15, -0.1) is 0 Å². The molecule has 0 saturated heterocycles. The van der Waals surface area contributed by atoms with E-state index in [1.807, 2.05) is 13.0 Å². The Morgan fingerprint density at radius 2 is 2.10 bits per heavy atom. The van der Waals surface area contributed by atoms with Gasteiger partial charge in [-0.05, 0) is 31.9 Å². The lowest BCUT2D eigenvalue weighted by atomic mass is 9.69. The molecule has 1 amide bonds. The van der Waals surface area contributed by atoms with Crippen LogP contribution in [0.4, 0.5) is 0 Å². The maximum absolute atomic E-state index is 12.2. The average molecular weight is 277 g/mol. The highest BCUT2D eigenvalue weighted by Gasteiger charge is 2.44. The van der Waals surface area contributed by atoms with E-state index in [0.29, 0.717) is 24.2 Å². The summed E-state index contributed by atoms with van der Waals surface area (Å²) in [6.45, 7) is 2.05. The highest BCUT2D eigenvalue weighted by Crippen LogP contribution is 2.40. The monoisotopic (exact) mass is 277 g/mol. The van der Waals surface area contributed by atoms with Gasteiger partial charge >= 0.3 is 5.97 Å². The third kappa shape index (κ3) is 2.61. The minimum atomic E-state index is -0.833. The molecule has 1 aromatic rings. The summed E-state index contributed by atoms with van der Waals surface area (Å²) >= 11 is 0. The molecule has 108 valence electrons. The van der Waals surface area contributed by atoms with Crippen molar-refractivity contribution in [2.24, 2.45) is 5.41 Å². The molecule has 5 nitrogen and oxygen atoms in total. The van der Waals surface area contributed by atoms with Crippen LogP contribution in [0.25, 0.3) is 0 Å². The van der Waals surface area contributed by atoms with Crippen LogP contribution < -0.4 is 10.1 Å². The summed E-state index contributed by atoms with van der Waals surface area (Å²) in [6.07, 6.45) is 2.14. The number of ether oxygens (including phenoxy) is 1. The van der Waals surface area contributed by atoms with E-state index in [1.165, 1.54) is 7.11 Å². The molecule has 1 aromatic carbocycles. The van der Waals surface area contributed by atoms with Crippen molar-refractivity contribution in [3.05, 3.63) is 29.3 Å². The number of amides is 1. The number of methoxy groups -OCH3 is 1. The predicted octanol–water partition coefficient (Wildman–Crippen LogP) is 1.99. The van der Waals surface area contributed by atoms with Crippen molar-refractivity contribution in [2.75, 3.05) is 13.7 Å². The molecule has 5 heteroatoms. The summed E-state index contributed by atoms with van der Waals surface area (Å²) < 4.78 is 5.16. The Kier molecular flexibility index (Phi) is 3.97. The van der Waals surface area contributed by atoms with Gasteiger partial charge in [-0.3, -0.25) is 9.59 Å². The van der Waals surface area contributed by atoms with E-state index in [-0.39, 0.29) is 12.5 Å². The van der Waals surface area contributed by atoms with Gasteiger partial charge in [0.1, 0.15) is 5.75 Å². The van der Waals surface area contributed by atoms with Gasteiger partial charge in [-0.25, -0.2) is 0 Å². The molecule has 2 rings (SSSR count). The largest absolute Gasteiger partial charge is 0.496 e. The molecule has 2 N–H and O–H groups in total. The number of hydrogen-bond acceptors (Lipinski definition) is 3. The smallest absolute Gasteiger partial charge is 0.311 e. The summed E-state index contributed by atoms with van der Waals surface area (Å²) in [5.74, 6) is -0.635. The average Bonchev–Trinajstić information content (AvgIpc) is 2.36. The number of carbonyl (C=O) groups is 2. The van der Waals surface area contributed by atoms with Gasteiger partial charge in [0, 0.05) is 6.54 Å². The first-order chi connectivity index (χ1) is 9.48. The van der Waals surface area contributed by atoms with E-state index in [1.54, 1.807) is 12.1 Å². The van der Waals surface area contributed by atoms with Gasteiger partial charge < -0.3 is 15.2 Å². The van der Waals surface area contributed by atoms with Gasteiger partial charge in [-0.2, -0.15) is 0 Å². The molecule has 20 heavy (non-hydrogen) atoms. The Balaban J connectivity index is 2.09.